The van der Waals surface area contributed by atoms with Crippen molar-refractivity contribution in [2.24, 2.45) is 11.3 Å². The van der Waals surface area contributed by atoms with Crippen LogP contribution in [-0.4, -0.2) is 102 Å². The van der Waals surface area contributed by atoms with Gasteiger partial charge < -0.3 is 47.7 Å². The van der Waals surface area contributed by atoms with Gasteiger partial charge in [-0.1, -0.05) is 36.4 Å². The highest BCUT2D eigenvalue weighted by atomic mass is 16.8. The van der Waals surface area contributed by atoms with E-state index in [0.717, 1.165) is 6.92 Å². The van der Waals surface area contributed by atoms with Crippen molar-refractivity contribution < 1.29 is 71.7 Å². The summed E-state index contributed by atoms with van der Waals surface area (Å²) in [7, 11) is 0. The summed E-state index contributed by atoms with van der Waals surface area (Å²) in [6, 6.07) is 16.3. The Morgan fingerprint density at radius 2 is 1.45 bits per heavy atom. The number of aliphatic hydroxyl groups excluding tert-OH is 1. The Morgan fingerprint density at radius 1 is 0.804 bits per heavy atom. The largest absolute Gasteiger partial charge is 0.463 e. The molecule has 7 fully saturated rings. The molecule has 11 atom stereocenters. The first-order valence-electron chi connectivity index (χ1n) is 16.6. The Hall–Kier alpha value is -4.41. The van der Waals surface area contributed by atoms with E-state index in [9.17, 15) is 29.1 Å². The quantitative estimate of drug-likeness (QED) is 0.264. The summed E-state index contributed by atoms with van der Waals surface area (Å²) in [6.07, 6.45) is -8.48. The van der Waals surface area contributed by atoms with Crippen molar-refractivity contribution >= 4 is 29.8 Å². The van der Waals surface area contributed by atoms with E-state index in [4.69, 9.17) is 42.6 Å². The molecule has 4 saturated heterocycles. The molecule has 51 heavy (non-hydrogen) atoms. The summed E-state index contributed by atoms with van der Waals surface area (Å²) in [5.74, 6) is -5.43. The molecular weight excluding hydrogens is 672 g/mol. The molecule has 7 aliphatic rings. The number of ether oxygens (including phenoxy) is 9. The normalized spacial score (nSPS) is 38.3. The molecule has 9 rings (SSSR count). The van der Waals surface area contributed by atoms with Crippen molar-refractivity contribution in [3.8, 4) is 0 Å². The maximum absolute atomic E-state index is 13.3. The van der Waals surface area contributed by atoms with E-state index in [1.807, 2.05) is 0 Å². The van der Waals surface area contributed by atoms with Gasteiger partial charge in [0.05, 0.1) is 16.5 Å². The lowest BCUT2D eigenvalue weighted by atomic mass is 9.41. The van der Waals surface area contributed by atoms with E-state index < -0.39 is 102 Å². The third-order valence-corrected chi connectivity index (χ3v) is 10.6. The Morgan fingerprint density at radius 3 is 2.06 bits per heavy atom. The average Bonchev–Trinajstić information content (AvgIpc) is 3.28. The first-order chi connectivity index (χ1) is 24.2. The molecule has 0 unspecified atom stereocenters. The SMILES string of the molecule is CC(=O)OC[C@H]1O[C@@H](O[C@@]23C[C@H]4[C@@]5(OC(C)=O)C[C@]2(C)O[C@H](O5)[C@]43COC(=O)c2ccccc2)[C@H](O)[C@@H](OC(=O)c2ccccc2)[C@@H]1OC(C)=O. The Kier molecular flexibility index (Phi) is 8.70. The van der Waals surface area contributed by atoms with Gasteiger partial charge in [-0.3, -0.25) is 14.4 Å². The third kappa shape index (κ3) is 5.49. The van der Waals surface area contributed by atoms with E-state index in [1.165, 1.54) is 26.0 Å². The molecule has 3 aliphatic carbocycles. The van der Waals surface area contributed by atoms with Crippen molar-refractivity contribution in [3.05, 3.63) is 71.8 Å². The van der Waals surface area contributed by atoms with Crippen LogP contribution in [0.4, 0.5) is 0 Å². The molecule has 0 spiro atoms. The van der Waals surface area contributed by atoms with Crippen LogP contribution in [0.25, 0.3) is 0 Å². The van der Waals surface area contributed by atoms with Crippen LogP contribution in [0.15, 0.2) is 60.7 Å². The highest BCUT2D eigenvalue weighted by Crippen LogP contribution is 2.82. The summed E-state index contributed by atoms with van der Waals surface area (Å²) in [5.41, 5.74) is -3.41. The molecule has 2 aromatic carbocycles. The minimum atomic E-state index is -1.77. The standard InChI is InChI=1S/C36H38O15/c1-19(37)43-16-24-27(45-20(2)38)28(47-30(42)23-13-9-6-10-14-23)26(40)31(46-24)49-36-15-25-34(36,18-44-29(41)22-11-7-5-8-12-22)32-50-33(36,4)17-35(25,51-32)48-21(3)39/h5-14,24-28,31-32,40H,15-18H2,1-4H3/t24-,25-,26-,27-,28-,31+,32-,33+,34+,35-,36+/m1/s1. The van der Waals surface area contributed by atoms with Gasteiger partial charge in [-0.15, -0.1) is 0 Å². The zero-order chi connectivity index (χ0) is 36.3. The number of carbonyl (C=O) groups excluding carboxylic acids is 5. The lowest BCUT2D eigenvalue weighted by molar-refractivity contribution is -0.423. The fraction of sp³-hybridized carbons (Fsp3) is 0.528. The van der Waals surface area contributed by atoms with Gasteiger partial charge in [0, 0.05) is 33.1 Å². The van der Waals surface area contributed by atoms with Crippen LogP contribution >= 0.6 is 0 Å². The number of hydrogen-bond donors (Lipinski definition) is 1. The van der Waals surface area contributed by atoms with Gasteiger partial charge in [0.25, 0.3) is 0 Å². The van der Waals surface area contributed by atoms with Gasteiger partial charge in [-0.05, 0) is 37.6 Å². The predicted octanol–water partition coefficient (Wildman–Crippen LogP) is 2.22. The topological polar surface area (TPSA) is 189 Å². The van der Waals surface area contributed by atoms with Crippen LogP contribution in [-0.2, 0) is 57.0 Å². The Labute approximate surface area is 292 Å². The van der Waals surface area contributed by atoms with Gasteiger partial charge in [-0.2, -0.15) is 0 Å². The molecule has 2 aromatic rings. The number of rotatable bonds is 11. The molecule has 6 bridgehead atoms. The maximum atomic E-state index is 13.3. The van der Waals surface area contributed by atoms with Gasteiger partial charge in [0.1, 0.15) is 36.6 Å². The van der Waals surface area contributed by atoms with Crippen molar-refractivity contribution in [1.29, 1.82) is 0 Å². The van der Waals surface area contributed by atoms with Gasteiger partial charge in [0.2, 0.25) is 5.79 Å². The minimum absolute atomic E-state index is 0.0390. The van der Waals surface area contributed by atoms with E-state index in [-0.39, 0.29) is 25.0 Å². The van der Waals surface area contributed by atoms with Gasteiger partial charge >= 0.3 is 29.8 Å². The smallest absolute Gasteiger partial charge is 0.338 e. The zero-order valence-corrected chi connectivity index (χ0v) is 28.3. The van der Waals surface area contributed by atoms with E-state index >= 15 is 0 Å². The Balaban J connectivity index is 1.24. The average molecular weight is 711 g/mol. The van der Waals surface area contributed by atoms with Gasteiger partial charge in [-0.25, -0.2) is 9.59 Å². The number of aliphatic hydroxyl groups is 1. The minimum Gasteiger partial charge on any atom is -0.463 e. The number of carbonyl (C=O) groups is 5. The van der Waals surface area contributed by atoms with Crippen LogP contribution in [0.2, 0.25) is 0 Å². The monoisotopic (exact) mass is 710 g/mol. The van der Waals surface area contributed by atoms with Crippen molar-refractivity contribution in [2.45, 2.75) is 94.5 Å². The van der Waals surface area contributed by atoms with Gasteiger partial charge in [0.15, 0.2) is 24.8 Å². The maximum Gasteiger partial charge on any atom is 0.338 e. The third-order valence-electron chi connectivity index (χ3n) is 10.6. The fourth-order valence-electron chi connectivity index (χ4n) is 8.61. The van der Waals surface area contributed by atoms with Crippen molar-refractivity contribution in [1.82, 2.24) is 0 Å². The summed E-state index contributed by atoms with van der Waals surface area (Å²) in [6.45, 7) is 4.59. The molecular formula is C36H38O15. The fourth-order valence-corrected chi connectivity index (χ4v) is 8.61. The highest BCUT2D eigenvalue weighted by molar-refractivity contribution is 5.90. The zero-order valence-electron chi connectivity index (χ0n) is 28.3. The van der Waals surface area contributed by atoms with E-state index in [2.05, 4.69) is 0 Å². The number of esters is 5. The lowest BCUT2D eigenvalue weighted by Crippen LogP contribution is -2.81. The first kappa shape index (κ1) is 35.0. The van der Waals surface area contributed by atoms with Crippen LogP contribution in [0, 0.1) is 11.3 Å². The summed E-state index contributed by atoms with van der Waals surface area (Å²) < 4.78 is 54.0. The van der Waals surface area contributed by atoms with Crippen LogP contribution in [0.3, 0.4) is 0 Å². The second-order valence-electron chi connectivity index (χ2n) is 13.7. The van der Waals surface area contributed by atoms with Crippen LogP contribution in [0.1, 0.15) is 61.3 Å². The molecule has 0 aromatic heterocycles. The first-order valence-corrected chi connectivity index (χ1v) is 16.6. The molecule has 3 saturated carbocycles. The van der Waals surface area contributed by atoms with Crippen LogP contribution in [0.5, 0.6) is 0 Å². The Bertz CT molecular complexity index is 1720. The second-order valence-corrected chi connectivity index (χ2v) is 13.7. The molecule has 0 radical (unpaired) electrons. The molecule has 4 aliphatic heterocycles. The van der Waals surface area contributed by atoms with E-state index in [1.54, 1.807) is 55.5 Å². The number of benzene rings is 2. The summed E-state index contributed by atoms with van der Waals surface area (Å²) >= 11 is 0. The highest BCUT2D eigenvalue weighted by Gasteiger charge is 2.96. The van der Waals surface area contributed by atoms with E-state index in [0.29, 0.717) is 5.56 Å². The molecule has 15 nitrogen and oxygen atoms in total. The molecule has 1 N–H and O–H groups in total. The molecule has 15 heteroatoms. The second kappa shape index (κ2) is 12.7. The lowest BCUT2D eigenvalue weighted by Gasteiger charge is -2.68. The number of hydrogen-bond acceptors (Lipinski definition) is 15. The van der Waals surface area contributed by atoms with Crippen molar-refractivity contribution in [2.75, 3.05) is 13.2 Å². The predicted molar refractivity (Wildman–Crippen MR) is 167 cm³/mol. The molecule has 0 amide bonds. The van der Waals surface area contributed by atoms with Crippen molar-refractivity contribution in [3.63, 3.8) is 0 Å². The summed E-state index contributed by atoms with van der Waals surface area (Å²) in [5, 5.41) is 11.9. The molecule has 4 heterocycles. The molecule has 272 valence electrons. The summed E-state index contributed by atoms with van der Waals surface area (Å²) in [4.78, 5) is 63.0. The van der Waals surface area contributed by atoms with Crippen LogP contribution < -0.4 is 0 Å².